The summed E-state index contributed by atoms with van der Waals surface area (Å²) < 4.78 is 1.78. The molecule has 0 fully saturated rings. The van der Waals surface area contributed by atoms with Crippen molar-refractivity contribution < 1.29 is 4.79 Å². The van der Waals surface area contributed by atoms with Crippen molar-refractivity contribution in [3.8, 4) is 11.1 Å². The van der Waals surface area contributed by atoms with Crippen LogP contribution in [-0.4, -0.2) is 34.6 Å². The Morgan fingerprint density at radius 1 is 1.03 bits per heavy atom. The molecule has 7 nitrogen and oxygen atoms in total. The number of amides is 1. The fourth-order valence-corrected chi connectivity index (χ4v) is 3.17. The van der Waals surface area contributed by atoms with Crippen LogP contribution in [0.25, 0.3) is 16.8 Å². The molecule has 4 rings (SSSR count). The maximum Gasteiger partial charge on any atom is 0.221 e. The molecular weight excluding hydrogens is 364 g/mol. The first-order chi connectivity index (χ1) is 14.0. The van der Waals surface area contributed by atoms with E-state index >= 15 is 0 Å². The average Bonchev–Trinajstić information content (AvgIpc) is 3.13. The summed E-state index contributed by atoms with van der Waals surface area (Å²) in [5.41, 5.74) is 5.38. The second-order valence-corrected chi connectivity index (χ2v) is 6.96. The number of fused-ring (bicyclic) bond motifs is 1. The number of carbonyl (C=O) groups excluding carboxylic acids is 1. The minimum atomic E-state index is -0.105. The van der Waals surface area contributed by atoms with Gasteiger partial charge in [-0.1, -0.05) is 18.2 Å². The molecule has 0 aliphatic rings. The van der Waals surface area contributed by atoms with Gasteiger partial charge in [-0.15, -0.1) is 0 Å². The number of nitrogens with one attached hydrogen (secondary N) is 2. The zero-order valence-corrected chi connectivity index (χ0v) is 16.5. The number of hydrogen-bond donors (Lipinski definition) is 2. The van der Waals surface area contributed by atoms with Crippen LogP contribution in [0.4, 0.5) is 22.9 Å². The molecule has 2 aromatic heterocycles. The van der Waals surface area contributed by atoms with E-state index in [2.05, 4.69) is 37.7 Å². The molecule has 0 bridgehead atoms. The molecular formula is C22H22N6O. The van der Waals surface area contributed by atoms with Gasteiger partial charge in [0.2, 0.25) is 5.91 Å². The largest absolute Gasteiger partial charge is 0.378 e. The molecule has 1 amide bonds. The topological polar surface area (TPSA) is 74.6 Å². The SMILES string of the molecule is CC(=O)Nc1cccc(-c2cnn3c(Nc4cccc(N(C)C)c4)ccnc23)c1. The zero-order chi connectivity index (χ0) is 20.4. The molecule has 4 aromatic rings. The third-order valence-corrected chi connectivity index (χ3v) is 4.53. The van der Waals surface area contributed by atoms with Crippen LogP contribution in [0.1, 0.15) is 6.92 Å². The van der Waals surface area contributed by atoms with Gasteiger partial charge in [-0.05, 0) is 42.0 Å². The smallest absolute Gasteiger partial charge is 0.221 e. The van der Waals surface area contributed by atoms with Gasteiger partial charge in [0.1, 0.15) is 5.82 Å². The van der Waals surface area contributed by atoms with E-state index in [0.717, 1.165) is 39.7 Å². The van der Waals surface area contributed by atoms with Crippen LogP contribution in [0.2, 0.25) is 0 Å². The lowest BCUT2D eigenvalue weighted by molar-refractivity contribution is -0.114. The summed E-state index contributed by atoms with van der Waals surface area (Å²) in [5.74, 6) is 0.710. The maximum absolute atomic E-state index is 11.4. The van der Waals surface area contributed by atoms with E-state index in [1.807, 2.05) is 56.6 Å². The summed E-state index contributed by atoms with van der Waals surface area (Å²) in [4.78, 5) is 17.9. The van der Waals surface area contributed by atoms with Crippen LogP contribution in [0.15, 0.2) is 67.0 Å². The Morgan fingerprint density at radius 3 is 2.62 bits per heavy atom. The standard InChI is InChI=1S/C22H22N6O/c1-15(29)25-17-7-4-6-16(12-17)20-14-24-28-21(10-11-23-22(20)28)26-18-8-5-9-19(13-18)27(2)3/h4-14,26H,1-3H3,(H,25,29). The van der Waals surface area contributed by atoms with E-state index in [1.54, 1.807) is 16.9 Å². The number of rotatable bonds is 5. The molecule has 0 radical (unpaired) electrons. The highest BCUT2D eigenvalue weighted by atomic mass is 16.1. The van der Waals surface area contributed by atoms with E-state index in [-0.39, 0.29) is 5.91 Å². The lowest BCUT2D eigenvalue weighted by atomic mass is 10.1. The number of anilines is 4. The van der Waals surface area contributed by atoms with Gasteiger partial charge >= 0.3 is 0 Å². The van der Waals surface area contributed by atoms with Crippen molar-refractivity contribution in [1.29, 1.82) is 0 Å². The molecule has 2 aromatic carbocycles. The van der Waals surface area contributed by atoms with Crippen molar-refractivity contribution >= 4 is 34.4 Å². The summed E-state index contributed by atoms with van der Waals surface area (Å²) in [6.07, 6.45) is 3.55. The fourth-order valence-electron chi connectivity index (χ4n) is 3.17. The number of aromatic nitrogens is 3. The van der Waals surface area contributed by atoms with Crippen molar-refractivity contribution in [2.45, 2.75) is 6.92 Å². The monoisotopic (exact) mass is 386 g/mol. The van der Waals surface area contributed by atoms with Crippen LogP contribution >= 0.6 is 0 Å². The highest BCUT2D eigenvalue weighted by molar-refractivity contribution is 5.90. The molecule has 0 unspecified atom stereocenters. The third-order valence-electron chi connectivity index (χ3n) is 4.53. The molecule has 0 saturated carbocycles. The zero-order valence-electron chi connectivity index (χ0n) is 16.5. The molecule has 0 saturated heterocycles. The van der Waals surface area contributed by atoms with Crippen molar-refractivity contribution in [1.82, 2.24) is 14.6 Å². The third kappa shape index (κ3) is 3.89. The molecule has 0 aliphatic carbocycles. The predicted octanol–water partition coefficient (Wildman–Crippen LogP) is 4.16. The van der Waals surface area contributed by atoms with E-state index in [1.165, 1.54) is 6.92 Å². The van der Waals surface area contributed by atoms with Crippen LogP contribution in [0, 0.1) is 0 Å². The van der Waals surface area contributed by atoms with Gasteiger partial charge in [-0.25, -0.2) is 4.98 Å². The van der Waals surface area contributed by atoms with E-state index in [9.17, 15) is 4.79 Å². The Hall–Kier alpha value is -3.87. The van der Waals surface area contributed by atoms with Gasteiger partial charge in [-0.2, -0.15) is 9.61 Å². The van der Waals surface area contributed by atoms with E-state index < -0.39 is 0 Å². The van der Waals surface area contributed by atoms with Crippen LogP contribution < -0.4 is 15.5 Å². The van der Waals surface area contributed by atoms with Crippen molar-refractivity contribution in [3.63, 3.8) is 0 Å². The number of carbonyl (C=O) groups is 1. The lowest BCUT2D eigenvalue weighted by Crippen LogP contribution is -2.08. The minimum Gasteiger partial charge on any atom is -0.378 e. The molecule has 146 valence electrons. The van der Waals surface area contributed by atoms with Gasteiger partial charge < -0.3 is 15.5 Å². The number of hydrogen-bond acceptors (Lipinski definition) is 5. The average molecular weight is 386 g/mol. The molecule has 7 heteroatoms. The van der Waals surface area contributed by atoms with E-state index in [4.69, 9.17) is 0 Å². The Morgan fingerprint density at radius 2 is 1.83 bits per heavy atom. The molecule has 0 aliphatic heterocycles. The molecule has 2 N–H and O–H groups in total. The van der Waals surface area contributed by atoms with Gasteiger partial charge in [0.05, 0.1) is 6.20 Å². The van der Waals surface area contributed by atoms with Crippen LogP contribution in [0.3, 0.4) is 0 Å². The first-order valence-electron chi connectivity index (χ1n) is 9.26. The number of nitrogens with zero attached hydrogens (tertiary/aromatic N) is 4. The second kappa shape index (κ2) is 7.63. The van der Waals surface area contributed by atoms with Crippen molar-refractivity contribution in [2.75, 3.05) is 29.6 Å². The van der Waals surface area contributed by atoms with Crippen molar-refractivity contribution in [2.24, 2.45) is 0 Å². The van der Waals surface area contributed by atoms with Gasteiger partial charge in [0, 0.05) is 49.8 Å². The second-order valence-electron chi connectivity index (χ2n) is 6.96. The van der Waals surface area contributed by atoms with Gasteiger partial charge in [0.25, 0.3) is 0 Å². The predicted molar refractivity (Wildman–Crippen MR) is 117 cm³/mol. The van der Waals surface area contributed by atoms with E-state index in [0.29, 0.717) is 0 Å². The lowest BCUT2D eigenvalue weighted by Gasteiger charge is -2.14. The molecule has 0 spiro atoms. The summed E-state index contributed by atoms with van der Waals surface area (Å²) in [7, 11) is 4.03. The normalized spacial score (nSPS) is 10.7. The quantitative estimate of drug-likeness (QED) is 0.539. The van der Waals surface area contributed by atoms with Crippen LogP contribution in [0.5, 0.6) is 0 Å². The minimum absolute atomic E-state index is 0.105. The van der Waals surface area contributed by atoms with Gasteiger partial charge in [0.15, 0.2) is 5.65 Å². The first-order valence-corrected chi connectivity index (χ1v) is 9.26. The highest BCUT2D eigenvalue weighted by Crippen LogP contribution is 2.28. The maximum atomic E-state index is 11.4. The highest BCUT2D eigenvalue weighted by Gasteiger charge is 2.12. The number of benzene rings is 2. The molecule has 29 heavy (non-hydrogen) atoms. The Balaban J connectivity index is 1.71. The fraction of sp³-hybridized carbons (Fsp3) is 0.136. The molecule has 2 heterocycles. The van der Waals surface area contributed by atoms with Gasteiger partial charge in [-0.3, -0.25) is 4.79 Å². The Labute approximate surface area is 169 Å². The first kappa shape index (κ1) is 18.5. The summed E-state index contributed by atoms with van der Waals surface area (Å²) in [5, 5.41) is 10.8. The molecule has 0 atom stereocenters. The van der Waals surface area contributed by atoms with Crippen molar-refractivity contribution in [3.05, 3.63) is 67.0 Å². The summed E-state index contributed by atoms with van der Waals surface area (Å²) in [6, 6.07) is 17.7. The Bertz CT molecular complexity index is 1180. The summed E-state index contributed by atoms with van der Waals surface area (Å²) >= 11 is 0. The summed E-state index contributed by atoms with van der Waals surface area (Å²) in [6.45, 7) is 1.49. The Kier molecular flexibility index (Phi) is 4.87. The van der Waals surface area contributed by atoms with Crippen LogP contribution in [-0.2, 0) is 4.79 Å².